The maximum absolute atomic E-state index is 9.70. The topological polar surface area (TPSA) is 60.7 Å². The largest absolute Gasteiger partial charge is 0.508 e. The summed E-state index contributed by atoms with van der Waals surface area (Å²) in [5, 5.41) is 29.0. The van der Waals surface area contributed by atoms with Gasteiger partial charge in [0.2, 0.25) is 0 Å². The Morgan fingerprint density at radius 2 is 1.11 bits per heavy atom. The number of aromatic hydroxyl groups is 3. The van der Waals surface area contributed by atoms with E-state index in [1.807, 2.05) is 36.4 Å². The van der Waals surface area contributed by atoms with Crippen molar-refractivity contribution in [1.29, 1.82) is 0 Å². The van der Waals surface area contributed by atoms with Crippen molar-refractivity contribution in [2.24, 2.45) is 5.92 Å². The summed E-state index contributed by atoms with van der Waals surface area (Å²) in [5.74, 6) is 1.26. The van der Waals surface area contributed by atoms with E-state index in [2.05, 4.69) is 6.08 Å². The van der Waals surface area contributed by atoms with Crippen molar-refractivity contribution in [2.45, 2.75) is 25.2 Å². The highest BCUT2D eigenvalue weighted by Crippen LogP contribution is 2.42. The Hall–Kier alpha value is -3.20. The summed E-state index contributed by atoms with van der Waals surface area (Å²) in [7, 11) is 0. The lowest BCUT2D eigenvalue weighted by Gasteiger charge is -2.30. The summed E-state index contributed by atoms with van der Waals surface area (Å²) < 4.78 is 0. The number of phenolic OH excluding ortho intramolecular Hbond substituents is 3. The van der Waals surface area contributed by atoms with Gasteiger partial charge < -0.3 is 15.3 Å². The minimum absolute atomic E-state index is 0.147. The molecule has 28 heavy (non-hydrogen) atoms. The van der Waals surface area contributed by atoms with E-state index in [0.717, 1.165) is 36.0 Å². The second-order valence-electron chi connectivity index (χ2n) is 7.46. The molecular weight excluding hydrogens is 348 g/mol. The number of rotatable bonds is 4. The van der Waals surface area contributed by atoms with Crippen molar-refractivity contribution < 1.29 is 15.3 Å². The van der Waals surface area contributed by atoms with Gasteiger partial charge in [-0.15, -0.1) is 0 Å². The predicted molar refractivity (Wildman–Crippen MR) is 111 cm³/mol. The summed E-state index contributed by atoms with van der Waals surface area (Å²) in [6.45, 7) is 0. The molecule has 3 aromatic rings. The number of hydrogen-bond acceptors (Lipinski definition) is 3. The van der Waals surface area contributed by atoms with Crippen LogP contribution >= 0.6 is 0 Å². The highest BCUT2D eigenvalue weighted by atomic mass is 16.3. The first-order valence-electron chi connectivity index (χ1n) is 9.68. The van der Waals surface area contributed by atoms with Gasteiger partial charge in [-0.05, 0) is 83.8 Å². The molecule has 1 aliphatic rings. The first-order chi connectivity index (χ1) is 13.6. The fourth-order valence-corrected chi connectivity index (χ4v) is 4.18. The van der Waals surface area contributed by atoms with E-state index in [1.54, 1.807) is 36.4 Å². The summed E-state index contributed by atoms with van der Waals surface area (Å²) in [5.41, 5.74) is 4.75. The Labute approximate surface area is 165 Å². The van der Waals surface area contributed by atoms with Crippen LogP contribution in [0.15, 0.2) is 78.9 Å². The SMILES string of the molecule is Oc1ccc(C2=CC(C(c3ccc(O)cc3)c3ccc(O)cc3)CCC2)cc1. The first kappa shape index (κ1) is 18.2. The smallest absolute Gasteiger partial charge is 0.115 e. The van der Waals surface area contributed by atoms with Crippen LogP contribution in [0.5, 0.6) is 17.2 Å². The molecule has 142 valence electrons. The Morgan fingerprint density at radius 1 is 0.643 bits per heavy atom. The molecular formula is C25H24O3. The minimum Gasteiger partial charge on any atom is -0.508 e. The van der Waals surface area contributed by atoms with E-state index in [4.69, 9.17) is 0 Å². The fraction of sp³-hybridized carbons (Fsp3) is 0.200. The molecule has 0 aromatic heterocycles. The van der Waals surface area contributed by atoms with Gasteiger partial charge in [-0.1, -0.05) is 42.5 Å². The third kappa shape index (κ3) is 3.89. The van der Waals surface area contributed by atoms with Gasteiger partial charge in [0.1, 0.15) is 17.2 Å². The van der Waals surface area contributed by atoms with Crippen molar-refractivity contribution in [3.63, 3.8) is 0 Å². The first-order valence-corrected chi connectivity index (χ1v) is 9.68. The quantitative estimate of drug-likeness (QED) is 0.541. The zero-order valence-electron chi connectivity index (χ0n) is 15.6. The summed E-state index contributed by atoms with van der Waals surface area (Å²) in [6.07, 6.45) is 5.57. The average molecular weight is 372 g/mol. The highest BCUT2D eigenvalue weighted by Gasteiger charge is 2.26. The standard InChI is InChI=1S/C25H24O3/c26-22-10-4-17(5-11-22)20-2-1-3-21(16-20)25(18-6-12-23(27)13-7-18)19-8-14-24(28)15-9-19/h4-16,21,25-28H,1-3H2. The van der Waals surface area contributed by atoms with E-state index < -0.39 is 0 Å². The second kappa shape index (κ2) is 7.81. The third-order valence-corrected chi connectivity index (χ3v) is 5.57. The van der Waals surface area contributed by atoms with Crippen molar-refractivity contribution >= 4 is 5.57 Å². The Balaban J connectivity index is 1.74. The van der Waals surface area contributed by atoms with Crippen LogP contribution in [0.1, 0.15) is 41.9 Å². The average Bonchev–Trinajstić information content (AvgIpc) is 2.72. The minimum atomic E-state index is 0.147. The van der Waals surface area contributed by atoms with Gasteiger partial charge >= 0.3 is 0 Å². The molecule has 0 aliphatic heterocycles. The zero-order valence-corrected chi connectivity index (χ0v) is 15.6. The maximum Gasteiger partial charge on any atom is 0.115 e. The monoisotopic (exact) mass is 372 g/mol. The molecule has 0 bridgehead atoms. The van der Waals surface area contributed by atoms with Gasteiger partial charge in [-0.3, -0.25) is 0 Å². The summed E-state index contributed by atoms with van der Waals surface area (Å²) in [4.78, 5) is 0. The number of allylic oxidation sites excluding steroid dienone is 2. The number of hydrogen-bond donors (Lipinski definition) is 3. The van der Waals surface area contributed by atoms with E-state index >= 15 is 0 Å². The third-order valence-electron chi connectivity index (χ3n) is 5.57. The molecule has 1 unspecified atom stereocenters. The lowest BCUT2D eigenvalue weighted by molar-refractivity contribution is 0.470. The molecule has 0 fully saturated rings. The molecule has 0 radical (unpaired) electrons. The predicted octanol–water partition coefficient (Wildman–Crippen LogP) is 5.82. The fourth-order valence-electron chi connectivity index (χ4n) is 4.18. The number of benzene rings is 3. The van der Waals surface area contributed by atoms with Crippen molar-refractivity contribution in [3.05, 3.63) is 95.6 Å². The lowest BCUT2D eigenvalue weighted by Crippen LogP contribution is -2.16. The molecule has 3 heteroatoms. The molecule has 0 saturated carbocycles. The van der Waals surface area contributed by atoms with Gasteiger partial charge in [0.15, 0.2) is 0 Å². The van der Waals surface area contributed by atoms with Crippen LogP contribution in [-0.2, 0) is 0 Å². The van der Waals surface area contributed by atoms with Crippen molar-refractivity contribution in [1.82, 2.24) is 0 Å². The lowest BCUT2D eigenvalue weighted by atomic mass is 9.74. The van der Waals surface area contributed by atoms with Crippen molar-refractivity contribution in [2.75, 3.05) is 0 Å². The number of phenols is 3. The second-order valence-corrected chi connectivity index (χ2v) is 7.46. The van der Waals surface area contributed by atoms with Crippen LogP contribution in [0.4, 0.5) is 0 Å². The van der Waals surface area contributed by atoms with Gasteiger partial charge in [0.05, 0.1) is 0 Å². The molecule has 0 amide bonds. The summed E-state index contributed by atoms with van der Waals surface area (Å²) >= 11 is 0. The van der Waals surface area contributed by atoms with Crippen LogP contribution in [-0.4, -0.2) is 15.3 Å². The Morgan fingerprint density at radius 3 is 1.61 bits per heavy atom. The van der Waals surface area contributed by atoms with Gasteiger partial charge in [0, 0.05) is 5.92 Å². The van der Waals surface area contributed by atoms with Crippen molar-refractivity contribution in [3.8, 4) is 17.2 Å². The molecule has 3 N–H and O–H groups in total. The highest BCUT2D eigenvalue weighted by molar-refractivity contribution is 5.67. The van der Waals surface area contributed by atoms with Crippen LogP contribution in [0.3, 0.4) is 0 Å². The van der Waals surface area contributed by atoms with Gasteiger partial charge in [-0.2, -0.15) is 0 Å². The van der Waals surface area contributed by atoms with E-state index in [1.165, 1.54) is 5.57 Å². The molecule has 4 rings (SSSR count). The van der Waals surface area contributed by atoms with Gasteiger partial charge in [0.25, 0.3) is 0 Å². The molecule has 0 saturated heterocycles. The van der Waals surface area contributed by atoms with Crippen LogP contribution < -0.4 is 0 Å². The molecule has 1 atom stereocenters. The van der Waals surface area contributed by atoms with Crippen LogP contribution in [0.25, 0.3) is 5.57 Å². The molecule has 0 spiro atoms. The van der Waals surface area contributed by atoms with Crippen LogP contribution in [0.2, 0.25) is 0 Å². The molecule has 3 aromatic carbocycles. The molecule has 3 nitrogen and oxygen atoms in total. The summed E-state index contributed by atoms with van der Waals surface area (Å²) in [6, 6.07) is 22.3. The Kier molecular flexibility index (Phi) is 5.07. The van der Waals surface area contributed by atoms with E-state index in [9.17, 15) is 15.3 Å². The normalized spacial score (nSPS) is 16.8. The van der Waals surface area contributed by atoms with Crippen LogP contribution in [0, 0.1) is 5.92 Å². The molecule has 1 aliphatic carbocycles. The zero-order chi connectivity index (χ0) is 19.5. The maximum atomic E-state index is 9.70. The Bertz CT molecular complexity index is 909. The van der Waals surface area contributed by atoms with Gasteiger partial charge in [-0.25, -0.2) is 0 Å². The van der Waals surface area contributed by atoms with E-state index in [-0.39, 0.29) is 23.2 Å². The van der Waals surface area contributed by atoms with E-state index in [0.29, 0.717) is 5.92 Å². The molecule has 0 heterocycles.